The monoisotopic (exact) mass is 209 g/mol. The minimum Gasteiger partial charge on any atom is -0.370 e. The molecule has 2 rings (SSSR count). The van der Waals surface area contributed by atoms with Gasteiger partial charge in [0.05, 0.1) is 11.7 Å². The van der Waals surface area contributed by atoms with Crippen LogP contribution in [0.15, 0.2) is 12.2 Å². The molecule has 0 radical (unpaired) electrons. The molecule has 1 atom stereocenters. The molecule has 0 aromatic carbocycles. The second-order valence-electron chi connectivity index (χ2n) is 5.26. The van der Waals surface area contributed by atoms with Gasteiger partial charge in [-0.05, 0) is 32.6 Å². The largest absolute Gasteiger partial charge is 0.370 e. The summed E-state index contributed by atoms with van der Waals surface area (Å²) in [4.78, 5) is 0. The second-order valence-corrected chi connectivity index (χ2v) is 5.26. The zero-order valence-electron chi connectivity index (χ0n) is 9.85. The summed E-state index contributed by atoms with van der Waals surface area (Å²) in [5.41, 5.74) is 1.49. The molecule has 0 amide bonds. The van der Waals surface area contributed by atoms with E-state index in [4.69, 9.17) is 4.74 Å². The highest BCUT2D eigenvalue weighted by Crippen LogP contribution is 2.43. The van der Waals surface area contributed by atoms with Crippen molar-refractivity contribution >= 4 is 0 Å². The quantitative estimate of drug-likeness (QED) is 0.719. The summed E-state index contributed by atoms with van der Waals surface area (Å²) in [6.07, 6.45) is 8.30. The van der Waals surface area contributed by atoms with Crippen LogP contribution in [0.1, 0.15) is 45.4 Å². The van der Waals surface area contributed by atoms with Gasteiger partial charge in [-0.25, -0.2) is 0 Å². The Labute approximate surface area is 93.1 Å². The van der Waals surface area contributed by atoms with E-state index in [2.05, 4.69) is 18.8 Å². The Morgan fingerprint density at radius 3 is 2.80 bits per heavy atom. The van der Waals surface area contributed by atoms with Gasteiger partial charge in [-0.2, -0.15) is 0 Å². The van der Waals surface area contributed by atoms with E-state index >= 15 is 0 Å². The number of ether oxygens (including phenoxy) is 1. The molecular formula is C13H23NO. The van der Waals surface area contributed by atoms with Crippen molar-refractivity contribution in [1.82, 2.24) is 5.32 Å². The molecule has 0 aromatic heterocycles. The van der Waals surface area contributed by atoms with Crippen LogP contribution in [0.4, 0.5) is 0 Å². The van der Waals surface area contributed by atoms with Gasteiger partial charge < -0.3 is 10.1 Å². The van der Waals surface area contributed by atoms with Gasteiger partial charge in [0, 0.05) is 13.1 Å². The zero-order chi connectivity index (χ0) is 10.7. The molecule has 1 N–H and O–H groups in total. The number of nitrogens with one attached hydrogen (secondary N) is 1. The van der Waals surface area contributed by atoms with E-state index in [9.17, 15) is 0 Å². The molecule has 2 fully saturated rings. The Morgan fingerprint density at radius 2 is 2.13 bits per heavy atom. The summed E-state index contributed by atoms with van der Waals surface area (Å²) in [5, 5.41) is 3.41. The fraction of sp³-hybridized carbons (Fsp3) is 0.846. The van der Waals surface area contributed by atoms with Crippen LogP contribution < -0.4 is 5.32 Å². The van der Waals surface area contributed by atoms with Crippen LogP contribution in [0.3, 0.4) is 0 Å². The Hall–Kier alpha value is -0.340. The molecule has 1 aliphatic heterocycles. The van der Waals surface area contributed by atoms with Gasteiger partial charge in [-0.15, -0.1) is 0 Å². The third-order valence-corrected chi connectivity index (χ3v) is 3.65. The fourth-order valence-corrected chi connectivity index (χ4v) is 2.87. The zero-order valence-corrected chi connectivity index (χ0v) is 9.85. The first-order valence-electron chi connectivity index (χ1n) is 6.23. The van der Waals surface area contributed by atoms with Gasteiger partial charge in [0.15, 0.2) is 0 Å². The van der Waals surface area contributed by atoms with Crippen LogP contribution in [-0.2, 0) is 4.74 Å². The van der Waals surface area contributed by atoms with Crippen molar-refractivity contribution in [3.05, 3.63) is 12.2 Å². The van der Waals surface area contributed by atoms with Gasteiger partial charge in [-0.3, -0.25) is 0 Å². The van der Waals surface area contributed by atoms with Crippen molar-refractivity contribution in [3.8, 4) is 0 Å². The van der Waals surface area contributed by atoms with Crippen molar-refractivity contribution < 1.29 is 4.74 Å². The lowest BCUT2D eigenvalue weighted by Crippen LogP contribution is -2.31. The van der Waals surface area contributed by atoms with E-state index < -0.39 is 0 Å². The van der Waals surface area contributed by atoms with Crippen molar-refractivity contribution in [2.75, 3.05) is 13.1 Å². The molecule has 2 nitrogen and oxygen atoms in total. The van der Waals surface area contributed by atoms with Crippen molar-refractivity contribution in [1.29, 1.82) is 0 Å². The van der Waals surface area contributed by atoms with Crippen LogP contribution in [0.25, 0.3) is 0 Å². The smallest absolute Gasteiger partial charge is 0.0708 e. The molecule has 2 aliphatic rings. The molecule has 15 heavy (non-hydrogen) atoms. The Bertz CT molecular complexity index is 231. The van der Waals surface area contributed by atoms with Gasteiger partial charge >= 0.3 is 0 Å². The van der Waals surface area contributed by atoms with E-state index in [1.807, 2.05) is 0 Å². The van der Waals surface area contributed by atoms with Gasteiger partial charge in [0.25, 0.3) is 0 Å². The molecule has 1 spiro atoms. The minimum atomic E-state index is 0.287. The molecular weight excluding hydrogens is 186 g/mol. The summed E-state index contributed by atoms with van der Waals surface area (Å²) in [5.74, 6) is 0. The van der Waals surface area contributed by atoms with Crippen LogP contribution in [0.5, 0.6) is 0 Å². The molecule has 86 valence electrons. The van der Waals surface area contributed by atoms with Gasteiger partial charge in [0.2, 0.25) is 0 Å². The second kappa shape index (κ2) is 4.67. The summed E-state index contributed by atoms with van der Waals surface area (Å²) >= 11 is 0. The SMILES string of the molecule is C=C(C)CNCC1CCC2(CCCC2)O1. The fourth-order valence-electron chi connectivity index (χ4n) is 2.87. The molecule has 1 aliphatic carbocycles. The predicted molar refractivity (Wildman–Crippen MR) is 63.0 cm³/mol. The molecule has 0 bridgehead atoms. The van der Waals surface area contributed by atoms with Gasteiger partial charge in [0.1, 0.15) is 0 Å². The van der Waals surface area contributed by atoms with E-state index in [1.165, 1.54) is 44.1 Å². The maximum atomic E-state index is 6.20. The van der Waals surface area contributed by atoms with E-state index in [0.29, 0.717) is 6.10 Å². The van der Waals surface area contributed by atoms with Crippen LogP contribution in [0, 0.1) is 0 Å². The molecule has 1 unspecified atom stereocenters. The first kappa shape index (κ1) is 11.2. The normalized spacial score (nSPS) is 28.7. The molecule has 2 heteroatoms. The Balaban J connectivity index is 1.70. The van der Waals surface area contributed by atoms with Crippen molar-refractivity contribution in [2.24, 2.45) is 0 Å². The lowest BCUT2D eigenvalue weighted by molar-refractivity contribution is -0.0348. The molecule has 1 heterocycles. The lowest BCUT2D eigenvalue weighted by Gasteiger charge is -2.23. The minimum absolute atomic E-state index is 0.287. The maximum Gasteiger partial charge on any atom is 0.0708 e. The van der Waals surface area contributed by atoms with Crippen LogP contribution >= 0.6 is 0 Å². The van der Waals surface area contributed by atoms with Gasteiger partial charge in [-0.1, -0.05) is 25.0 Å². The van der Waals surface area contributed by atoms with Crippen LogP contribution in [-0.4, -0.2) is 24.8 Å². The number of hydrogen-bond acceptors (Lipinski definition) is 2. The molecule has 0 aromatic rings. The highest BCUT2D eigenvalue weighted by atomic mass is 16.5. The van der Waals surface area contributed by atoms with E-state index in [0.717, 1.165) is 13.1 Å². The summed E-state index contributed by atoms with van der Waals surface area (Å²) in [7, 11) is 0. The topological polar surface area (TPSA) is 21.3 Å². The molecule has 1 saturated carbocycles. The highest BCUT2D eigenvalue weighted by Gasteiger charge is 2.41. The van der Waals surface area contributed by atoms with E-state index in [1.54, 1.807) is 0 Å². The predicted octanol–water partition coefficient (Wildman–Crippen LogP) is 2.64. The first-order chi connectivity index (χ1) is 7.20. The third kappa shape index (κ3) is 2.82. The first-order valence-corrected chi connectivity index (χ1v) is 6.23. The standard InChI is InChI=1S/C13H23NO/c1-11(2)9-14-10-12-5-8-13(15-12)6-3-4-7-13/h12,14H,1,3-10H2,2H3. The molecule has 1 saturated heterocycles. The lowest BCUT2D eigenvalue weighted by atomic mass is 9.98. The summed E-state index contributed by atoms with van der Waals surface area (Å²) < 4.78 is 6.20. The Morgan fingerprint density at radius 1 is 1.40 bits per heavy atom. The van der Waals surface area contributed by atoms with Crippen molar-refractivity contribution in [3.63, 3.8) is 0 Å². The Kier molecular flexibility index (Phi) is 3.47. The van der Waals surface area contributed by atoms with Crippen LogP contribution in [0.2, 0.25) is 0 Å². The third-order valence-electron chi connectivity index (χ3n) is 3.65. The summed E-state index contributed by atoms with van der Waals surface area (Å²) in [6.45, 7) is 7.86. The summed E-state index contributed by atoms with van der Waals surface area (Å²) in [6, 6.07) is 0. The average Bonchev–Trinajstić information content (AvgIpc) is 2.78. The number of rotatable bonds is 4. The van der Waals surface area contributed by atoms with E-state index in [-0.39, 0.29) is 5.60 Å². The number of hydrogen-bond donors (Lipinski definition) is 1. The maximum absolute atomic E-state index is 6.20. The average molecular weight is 209 g/mol. The highest BCUT2D eigenvalue weighted by molar-refractivity contribution is 4.95. The van der Waals surface area contributed by atoms with Crippen molar-refractivity contribution in [2.45, 2.75) is 57.2 Å².